The third-order valence-corrected chi connectivity index (χ3v) is 10.5. The molecule has 0 bridgehead atoms. The number of fused-ring (bicyclic) bond motifs is 6. The summed E-state index contributed by atoms with van der Waals surface area (Å²) >= 11 is 0. The van der Waals surface area contributed by atoms with E-state index in [0.29, 0.717) is 17.5 Å². The van der Waals surface area contributed by atoms with E-state index >= 15 is 0 Å². The Morgan fingerprint density at radius 1 is 0.627 bits per heavy atom. The lowest BCUT2D eigenvalue weighted by atomic mass is 9.76. The molecule has 5 nitrogen and oxygen atoms in total. The third kappa shape index (κ3) is 4.96. The molecule has 2 aliphatic rings. The van der Waals surface area contributed by atoms with Gasteiger partial charge < -0.3 is 8.83 Å². The average Bonchev–Trinajstić information content (AvgIpc) is 3.77. The van der Waals surface area contributed by atoms with Gasteiger partial charge in [0.2, 0.25) is 0 Å². The zero-order chi connectivity index (χ0) is 33.9. The van der Waals surface area contributed by atoms with Crippen LogP contribution < -0.4 is 0 Å². The van der Waals surface area contributed by atoms with E-state index in [-0.39, 0.29) is 5.41 Å². The minimum atomic E-state index is -0.0993. The van der Waals surface area contributed by atoms with Crippen molar-refractivity contribution in [1.82, 2.24) is 15.0 Å². The highest BCUT2D eigenvalue weighted by molar-refractivity contribution is 6.13. The highest BCUT2D eigenvalue weighted by Crippen LogP contribution is 2.42. The number of furan rings is 2. The molecule has 2 aliphatic carbocycles. The number of hydrogen-bond acceptors (Lipinski definition) is 5. The van der Waals surface area contributed by atoms with Crippen molar-refractivity contribution in [3.8, 4) is 33.9 Å². The molecule has 244 valence electrons. The first-order valence-electron chi connectivity index (χ1n) is 17.6. The fourth-order valence-corrected chi connectivity index (χ4v) is 7.68. The number of hydrogen-bond donors (Lipinski definition) is 0. The van der Waals surface area contributed by atoms with Crippen molar-refractivity contribution in [1.29, 1.82) is 0 Å². The SMILES string of the molecule is CC1(c2ccccc2)C=CC(c2nc(-c3ccccc3)nc(-c3cccc4oc5ccc(-c6cccc7c8c(oc67)C=CCC8)cc5c34)n2)=CC1. The van der Waals surface area contributed by atoms with Gasteiger partial charge in [-0.3, -0.25) is 0 Å². The Morgan fingerprint density at radius 2 is 1.41 bits per heavy atom. The first-order chi connectivity index (χ1) is 25.1. The molecule has 0 spiro atoms. The molecule has 0 N–H and O–H groups in total. The summed E-state index contributed by atoms with van der Waals surface area (Å²) in [6.45, 7) is 2.27. The van der Waals surface area contributed by atoms with Gasteiger partial charge in [0, 0.05) is 49.4 Å². The van der Waals surface area contributed by atoms with E-state index in [9.17, 15) is 0 Å². The predicted molar refractivity (Wildman–Crippen MR) is 206 cm³/mol. The molecule has 10 rings (SSSR count). The molecule has 0 saturated heterocycles. The van der Waals surface area contributed by atoms with Gasteiger partial charge in [0.05, 0.1) is 0 Å². The van der Waals surface area contributed by atoms with Crippen LogP contribution in [0.15, 0.2) is 148 Å². The van der Waals surface area contributed by atoms with Gasteiger partial charge in [-0.05, 0) is 54.7 Å². The molecular weight excluding hydrogens is 627 g/mol. The van der Waals surface area contributed by atoms with Crippen LogP contribution in [0.4, 0.5) is 0 Å². The molecule has 3 heterocycles. The largest absolute Gasteiger partial charge is 0.456 e. The summed E-state index contributed by atoms with van der Waals surface area (Å²) in [7, 11) is 0. The first kappa shape index (κ1) is 29.6. The summed E-state index contributed by atoms with van der Waals surface area (Å²) in [5.74, 6) is 2.86. The van der Waals surface area contributed by atoms with Crippen LogP contribution >= 0.6 is 0 Å². The number of para-hydroxylation sites is 1. The van der Waals surface area contributed by atoms with Gasteiger partial charge in [0.1, 0.15) is 22.5 Å². The Kier molecular flexibility index (Phi) is 6.75. The Bertz CT molecular complexity index is 2730. The molecule has 3 aromatic heterocycles. The molecule has 51 heavy (non-hydrogen) atoms. The Labute approximate surface area is 295 Å². The maximum absolute atomic E-state index is 6.47. The first-order valence-corrected chi connectivity index (χ1v) is 17.6. The maximum atomic E-state index is 6.47. The number of rotatable bonds is 5. The molecular formula is C46H33N3O2. The van der Waals surface area contributed by atoms with Crippen LogP contribution in [0.5, 0.6) is 0 Å². The molecule has 5 aromatic carbocycles. The summed E-state index contributed by atoms with van der Waals surface area (Å²) in [5.41, 5.74) is 9.96. The summed E-state index contributed by atoms with van der Waals surface area (Å²) in [5, 5.41) is 3.17. The Balaban J connectivity index is 1.13. The predicted octanol–water partition coefficient (Wildman–Crippen LogP) is 11.8. The van der Waals surface area contributed by atoms with E-state index in [0.717, 1.165) is 80.4 Å². The highest BCUT2D eigenvalue weighted by Gasteiger charge is 2.26. The molecule has 0 saturated carbocycles. The maximum Gasteiger partial charge on any atom is 0.164 e. The van der Waals surface area contributed by atoms with Crippen molar-refractivity contribution >= 4 is 44.6 Å². The normalized spacial score (nSPS) is 16.9. The van der Waals surface area contributed by atoms with Gasteiger partial charge in [0.25, 0.3) is 0 Å². The monoisotopic (exact) mass is 659 g/mol. The number of benzene rings is 5. The van der Waals surface area contributed by atoms with E-state index in [1.165, 1.54) is 16.5 Å². The summed E-state index contributed by atoms with van der Waals surface area (Å²) in [6.07, 6.45) is 13.9. The van der Waals surface area contributed by atoms with Crippen LogP contribution in [0, 0.1) is 0 Å². The van der Waals surface area contributed by atoms with Gasteiger partial charge in [0.15, 0.2) is 17.5 Å². The molecule has 1 unspecified atom stereocenters. The molecule has 0 aliphatic heterocycles. The van der Waals surface area contributed by atoms with E-state index in [2.05, 4.69) is 110 Å². The van der Waals surface area contributed by atoms with Gasteiger partial charge in [-0.15, -0.1) is 0 Å². The Hall–Kier alpha value is -6.33. The molecule has 0 amide bonds. The molecule has 0 fully saturated rings. The van der Waals surface area contributed by atoms with E-state index in [1.54, 1.807) is 0 Å². The second-order valence-corrected chi connectivity index (χ2v) is 13.7. The Morgan fingerprint density at radius 3 is 2.25 bits per heavy atom. The molecule has 8 aromatic rings. The van der Waals surface area contributed by atoms with Crippen molar-refractivity contribution in [3.63, 3.8) is 0 Å². The van der Waals surface area contributed by atoms with Gasteiger partial charge in [-0.25, -0.2) is 15.0 Å². The van der Waals surface area contributed by atoms with Crippen molar-refractivity contribution in [2.45, 2.75) is 31.6 Å². The second kappa shape index (κ2) is 11.6. The zero-order valence-electron chi connectivity index (χ0n) is 28.1. The van der Waals surface area contributed by atoms with Gasteiger partial charge in [-0.2, -0.15) is 0 Å². The zero-order valence-corrected chi connectivity index (χ0v) is 28.1. The molecule has 1 atom stereocenters. The van der Waals surface area contributed by atoms with Crippen molar-refractivity contribution in [3.05, 3.63) is 162 Å². The van der Waals surface area contributed by atoms with Crippen molar-refractivity contribution in [2.24, 2.45) is 0 Å². The number of aromatic nitrogens is 3. The average molecular weight is 660 g/mol. The lowest BCUT2D eigenvalue weighted by Gasteiger charge is -2.28. The lowest BCUT2D eigenvalue weighted by molar-refractivity contribution is 0.596. The summed E-state index contributed by atoms with van der Waals surface area (Å²) in [6, 6.07) is 39.7. The van der Waals surface area contributed by atoms with Crippen molar-refractivity contribution in [2.75, 3.05) is 0 Å². The van der Waals surface area contributed by atoms with Crippen LogP contribution in [0.3, 0.4) is 0 Å². The van der Waals surface area contributed by atoms with Gasteiger partial charge >= 0.3 is 0 Å². The molecule has 5 heteroatoms. The lowest BCUT2D eigenvalue weighted by Crippen LogP contribution is -2.20. The highest BCUT2D eigenvalue weighted by atomic mass is 16.3. The fraction of sp³-hybridized carbons (Fsp3) is 0.109. The summed E-state index contributed by atoms with van der Waals surface area (Å²) in [4.78, 5) is 15.3. The van der Waals surface area contributed by atoms with E-state index < -0.39 is 0 Å². The topological polar surface area (TPSA) is 65.0 Å². The van der Waals surface area contributed by atoms with E-state index in [4.69, 9.17) is 23.8 Å². The quantitative estimate of drug-likeness (QED) is 0.184. The standard InChI is InChI=1S/C46H33N3O2/c1-46(32-14-6-3-7-15-32)26-24-30(25-27-46)44-47-43(29-12-4-2-5-13-29)48-45(49-44)36-19-11-21-40-41(36)37-28-31(22-23-39(37)50-40)33-17-10-18-35-34-16-8-9-20-38(34)51-42(33)35/h2-7,9-15,17-26,28H,8,16,27H2,1H3. The van der Waals surface area contributed by atoms with Gasteiger partial charge in [-0.1, -0.05) is 128 Å². The van der Waals surface area contributed by atoms with Crippen LogP contribution in [0.2, 0.25) is 0 Å². The number of nitrogens with zero attached hydrogens (tertiary/aromatic N) is 3. The van der Waals surface area contributed by atoms with Crippen LogP contribution in [-0.4, -0.2) is 15.0 Å². The van der Waals surface area contributed by atoms with E-state index in [1.807, 2.05) is 42.5 Å². The minimum absolute atomic E-state index is 0.0993. The number of aryl methyl sites for hydroxylation is 1. The third-order valence-electron chi connectivity index (χ3n) is 10.5. The van der Waals surface area contributed by atoms with Crippen LogP contribution in [0.1, 0.15) is 42.5 Å². The van der Waals surface area contributed by atoms with Crippen LogP contribution in [0.25, 0.3) is 78.5 Å². The minimum Gasteiger partial charge on any atom is -0.456 e. The number of allylic oxidation sites excluding steroid dienone is 5. The molecule has 0 radical (unpaired) electrons. The van der Waals surface area contributed by atoms with Crippen LogP contribution in [-0.2, 0) is 11.8 Å². The summed E-state index contributed by atoms with van der Waals surface area (Å²) < 4.78 is 12.9. The smallest absolute Gasteiger partial charge is 0.164 e. The fourth-order valence-electron chi connectivity index (χ4n) is 7.68. The van der Waals surface area contributed by atoms with Crippen molar-refractivity contribution < 1.29 is 8.83 Å². The second-order valence-electron chi connectivity index (χ2n) is 13.7.